The van der Waals surface area contributed by atoms with Crippen molar-refractivity contribution in [1.82, 2.24) is 0 Å². The largest absolute Gasteiger partial charge is 0.715 e. The molecule has 0 atom stereocenters. The van der Waals surface area contributed by atoms with Gasteiger partial charge >= 0.3 is 0 Å². The zero-order valence-electron chi connectivity index (χ0n) is 5.00. The van der Waals surface area contributed by atoms with Crippen molar-refractivity contribution in [1.29, 1.82) is 0 Å². The maximum absolute atomic E-state index is 10.5. The number of Topliss-reactive ketones (excluding diaryl/α,β-unsaturated/α-hetero) is 1. The number of hydroxylamine groups is 1. The van der Waals surface area contributed by atoms with Gasteiger partial charge in [-0.05, 0) is 4.99 Å². The van der Waals surface area contributed by atoms with Crippen LogP contribution in [0.1, 0.15) is 6.92 Å². The zero-order valence-corrected chi connectivity index (χ0v) is 5.00. The lowest BCUT2D eigenvalue weighted by atomic mass is 10.3. The first kappa shape index (κ1) is 5.94. The molecule has 1 aliphatic rings. The van der Waals surface area contributed by atoms with Gasteiger partial charge in [-0.3, -0.25) is 9.53 Å². The van der Waals surface area contributed by atoms with Gasteiger partial charge in [0.1, 0.15) is 0 Å². The maximum atomic E-state index is 10.5. The predicted molar refractivity (Wildman–Crippen MR) is 32.7 cm³/mol. The highest BCUT2D eigenvalue weighted by molar-refractivity contribution is 6.41. The van der Waals surface area contributed by atoms with Gasteiger partial charge in [0.25, 0.3) is 6.34 Å². The minimum atomic E-state index is -0.135. The summed E-state index contributed by atoms with van der Waals surface area (Å²) in [6, 6.07) is 0. The summed E-state index contributed by atoms with van der Waals surface area (Å²) in [5.41, 5.74) is 0.338. The summed E-state index contributed by atoms with van der Waals surface area (Å²) in [7, 11) is 0. The van der Waals surface area contributed by atoms with Gasteiger partial charge in [-0.2, -0.15) is 0 Å². The first-order valence-electron chi connectivity index (χ1n) is 2.55. The molecule has 0 aromatic rings. The summed E-state index contributed by atoms with van der Waals surface area (Å²) in [6.45, 7) is 1.50. The molecule has 0 N–H and O–H groups in total. The highest BCUT2D eigenvalue weighted by Crippen LogP contribution is 1.88. The van der Waals surface area contributed by atoms with E-state index in [0.717, 1.165) is 6.34 Å². The van der Waals surface area contributed by atoms with Gasteiger partial charge in [-0.25, -0.2) is 0 Å². The van der Waals surface area contributed by atoms with E-state index in [9.17, 15) is 10.0 Å². The molecule has 1 rings (SSSR count). The molecule has 0 radical (unpaired) electrons. The molecule has 0 aliphatic carbocycles. The first-order valence-corrected chi connectivity index (χ1v) is 2.55. The average molecular weight is 126 g/mol. The molecule has 48 valence electrons. The van der Waals surface area contributed by atoms with E-state index in [-0.39, 0.29) is 12.3 Å². The molecule has 0 saturated carbocycles. The van der Waals surface area contributed by atoms with E-state index in [1.807, 2.05) is 0 Å². The van der Waals surface area contributed by atoms with Crippen molar-refractivity contribution in [3.05, 3.63) is 5.21 Å². The molecule has 9 heavy (non-hydrogen) atoms. The van der Waals surface area contributed by atoms with Crippen LogP contribution in [0.4, 0.5) is 0 Å². The zero-order chi connectivity index (χ0) is 6.85. The molecule has 0 unspecified atom stereocenters. The van der Waals surface area contributed by atoms with Crippen LogP contribution in [-0.2, 0) is 4.79 Å². The Morgan fingerprint density at radius 1 is 2.00 bits per heavy atom. The van der Waals surface area contributed by atoms with Gasteiger partial charge in [0.05, 0.1) is 0 Å². The maximum Gasteiger partial charge on any atom is 0.285 e. The van der Waals surface area contributed by atoms with Gasteiger partial charge < -0.3 is 5.21 Å². The Balaban J connectivity index is 2.64. The Morgan fingerprint density at radius 3 is 2.89 bits per heavy atom. The second-order valence-electron chi connectivity index (χ2n) is 1.82. The van der Waals surface area contributed by atoms with Crippen molar-refractivity contribution < 1.29 is 9.53 Å². The number of ketones is 1. The summed E-state index contributed by atoms with van der Waals surface area (Å²) >= 11 is 0. The van der Waals surface area contributed by atoms with Gasteiger partial charge in [0.2, 0.25) is 11.5 Å². The summed E-state index contributed by atoms with van der Waals surface area (Å²) < 4.78 is 0.622. The van der Waals surface area contributed by atoms with Crippen LogP contribution in [0.2, 0.25) is 0 Å². The number of carbonyl (C=O) groups excluding carboxylic acids is 1. The minimum absolute atomic E-state index is 0.106. The molecule has 0 bridgehead atoms. The number of aliphatic imine (C=N–C) groups is 1. The average Bonchev–Trinajstić information content (AvgIpc) is 2.14. The third kappa shape index (κ3) is 1.13. The molecule has 0 fully saturated rings. The van der Waals surface area contributed by atoms with Crippen LogP contribution in [0.5, 0.6) is 0 Å². The second-order valence-corrected chi connectivity index (χ2v) is 1.82. The van der Waals surface area contributed by atoms with Crippen molar-refractivity contribution in [3.63, 3.8) is 0 Å². The first-order chi connectivity index (χ1) is 4.20. The van der Waals surface area contributed by atoms with E-state index in [1.54, 1.807) is 0 Å². The fourth-order valence-corrected chi connectivity index (χ4v) is 0.566. The topological polar surface area (TPSA) is 55.5 Å². The Bertz CT molecular complexity index is 205. The predicted octanol–water partition coefficient (Wildman–Crippen LogP) is -0.431. The van der Waals surface area contributed by atoms with Crippen LogP contribution < -0.4 is 0 Å². The van der Waals surface area contributed by atoms with Gasteiger partial charge in [0, 0.05) is 6.92 Å². The van der Waals surface area contributed by atoms with Crippen LogP contribution in [0.15, 0.2) is 4.99 Å². The number of rotatable bonds is 1. The van der Waals surface area contributed by atoms with Crippen LogP contribution >= 0.6 is 0 Å². The minimum Gasteiger partial charge on any atom is -0.715 e. The van der Waals surface area contributed by atoms with E-state index in [0.29, 0.717) is 10.5 Å². The van der Waals surface area contributed by atoms with E-state index in [2.05, 4.69) is 4.99 Å². The lowest BCUT2D eigenvalue weighted by Gasteiger charge is -1.97. The molecule has 1 heterocycles. The molecule has 0 aromatic carbocycles. The van der Waals surface area contributed by atoms with Crippen LogP contribution in [0.25, 0.3) is 0 Å². The fourth-order valence-electron chi connectivity index (χ4n) is 0.566. The third-order valence-electron chi connectivity index (χ3n) is 1.05. The van der Waals surface area contributed by atoms with Crippen molar-refractivity contribution in [3.8, 4) is 0 Å². The molecule has 4 nitrogen and oxygen atoms in total. The third-order valence-corrected chi connectivity index (χ3v) is 1.05. The summed E-state index contributed by atoms with van der Waals surface area (Å²) in [5.74, 6) is -0.135. The molecule has 0 aromatic heterocycles. The Labute approximate surface area is 52.1 Å². The highest BCUT2D eigenvalue weighted by Gasteiger charge is 2.17. The quantitative estimate of drug-likeness (QED) is 0.353. The van der Waals surface area contributed by atoms with Crippen LogP contribution in [-0.4, -0.2) is 29.1 Å². The lowest BCUT2D eigenvalue weighted by Crippen LogP contribution is -2.16. The SMILES string of the molecule is CC(=O)C1=NC=[N+]([O-])C1. The molecule has 0 spiro atoms. The summed E-state index contributed by atoms with van der Waals surface area (Å²) in [4.78, 5) is 14.0. The summed E-state index contributed by atoms with van der Waals surface area (Å²) in [6.07, 6.45) is 1.11. The van der Waals surface area contributed by atoms with Gasteiger partial charge in [-0.1, -0.05) is 0 Å². The fraction of sp³-hybridized carbons (Fsp3) is 0.400. The van der Waals surface area contributed by atoms with Crippen molar-refractivity contribution in [2.75, 3.05) is 6.54 Å². The smallest absolute Gasteiger partial charge is 0.285 e. The monoisotopic (exact) mass is 126 g/mol. The van der Waals surface area contributed by atoms with Crippen molar-refractivity contribution >= 4 is 17.8 Å². The number of carbonyl (C=O) groups is 1. The second kappa shape index (κ2) is 1.97. The normalized spacial score (nSPS) is 17.0. The van der Waals surface area contributed by atoms with E-state index in [1.165, 1.54) is 6.92 Å². The van der Waals surface area contributed by atoms with Crippen molar-refractivity contribution in [2.24, 2.45) is 4.99 Å². The Kier molecular flexibility index (Phi) is 1.30. The molecule has 0 saturated heterocycles. The van der Waals surface area contributed by atoms with Crippen LogP contribution in [0.3, 0.4) is 0 Å². The van der Waals surface area contributed by atoms with E-state index >= 15 is 0 Å². The molecule has 4 heteroatoms. The van der Waals surface area contributed by atoms with Crippen molar-refractivity contribution in [2.45, 2.75) is 6.92 Å². The molecular formula is C5H6N2O2. The highest BCUT2D eigenvalue weighted by atomic mass is 16.5. The van der Waals surface area contributed by atoms with Gasteiger partial charge in [-0.15, -0.1) is 0 Å². The lowest BCUT2D eigenvalue weighted by molar-refractivity contribution is -0.431. The Morgan fingerprint density at radius 2 is 2.67 bits per heavy atom. The van der Waals surface area contributed by atoms with E-state index < -0.39 is 0 Å². The number of hydrogen-bond donors (Lipinski definition) is 0. The molecule has 0 amide bonds. The molecule has 1 aliphatic heterocycles. The van der Waals surface area contributed by atoms with Crippen LogP contribution in [0, 0.1) is 5.21 Å². The van der Waals surface area contributed by atoms with E-state index in [4.69, 9.17) is 0 Å². The Hall–Kier alpha value is -1.19. The van der Waals surface area contributed by atoms with Gasteiger partial charge in [0.15, 0.2) is 6.54 Å². The molecular weight excluding hydrogens is 120 g/mol. The summed E-state index contributed by atoms with van der Waals surface area (Å²) in [5, 5.41) is 10.4. The number of nitrogens with zero attached hydrogens (tertiary/aromatic N) is 2. The standard InChI is InChI=1S/C5H6N2O2/c1-4(8)5-2-7(9)3-6-5/h3H,2H2,1H3. The number of hydrogen-bond acceptors (Lipinski definition) is 3.